The van der Waals surface area contributed by atoms with Crippen molar-refractivity contribution in [2.75, 3.05) is 0 Å². The molecule has 0 aliphatic heterocycles. The second-order valence-electron chi connectivity index (χ2n) is 5.24. The average Bonchev–Trinajstić information content (AvgIpc) is 2.25. The van der Waals surface area contributed by atoms with Gasteiger partial charge in [0.05, 0.1) is 5.60 Å². The zero-order chi connectivity index (χ0) is 11.8. The molecule has 1 fully saturated rings. The lowest BCUT2D eigenvalue weighted by molar-refractivity contribution is -0.0336. The van der Waals surface area contributed by atoms with E-state index < -0.39 is 5.60 Å². The molecule has 1 aliphatic rings. The quantitative estimate of drug-likeness (QED) is 0.823. The molecule has 88 valence electrons. The first-order valence-electron chi connectivity index (χ1n) is 6.00. The lowest BCUT2D eigenvalue weighted by Crippen LogP contribution is -2.35. The maximum absolute atomic E-state index is 10.7. The Morgan fingerprint density at radius 3 is 2.38 bits per heavy atom. The smallest absolute Gasteiger partial charge is 0.0899 e. The van der Waals surface area contributed by atoms with Crippen LogP contribution >= 0.6 is 15.9 Å². The van der Waals surface area contributed by atoms with E-state index in [4.69, 9.17) is 0 Å². The van der Waals surface area contributed by atoms with Crippen LogP contribution in [-0.2, 0) is 5.60 Å². The molecule has 2 heteroatoms. The van der Waals surface area contributed by atoms with E-state index in [1.54, 1.807) is 0 Å². The van der Waals surface area contributed by atoms with Crippen LogP contribution in [-0.4, -0.2) is 5.11 Å². The zero-order valence-electron chi connectivity index (χ0n) is 9.91. The summed E-state index contributed by atoms with van der Waals surface area (Å²) in [7, 11) is 0. The molecule has 1 aromatic rings. The zero-order valence-corrected chi connectivity index (χ0v) is 11.5. The van der Waals surface area contributed by atoms with Crippen LogP contribution in [0.15, 0.2) is 28.7 Å². The van der Waals surface area contributed by atoms with E-state index in [1.807, 2.05) is 24.3 Å². The third-order valence-corrected chi connectivity index (χ3v) is 4.55. The first kappa shape index (κ1) is 12.1. The van der Waals surface area contributed by atoms with Gasteiger partial charge in [0, 0.05) is 4.47 Å². The Balaban J connectivity index is 2.22. The molecule has 0 radical (unpaired) electrons. The SMILES string of the molecule is C[C@@H]1CC[C@](O)(c2ccc(Br)cc2)C[C@@H]1C. The molecule has 0 amide bonds. The fraction of sp³-hybridized carbons (Fsp3) is 0.571. The summed E-state index contributed by atoms with van der Waals surface area (Å²) >= 11 is 3.43. The van der Waals surface area contributed by atoms with Crippen LogP contribution in [0.4, 0.5) is 0 Å². The fourth-order valence-corrected chi connectivity index (χ4v) is 2.87. The Bertz CT molecular complexity index is 360. The van der Waals surface area contributed by atoms with Crippen LogP contribution in [0.3, 0.4) is 0 Å². The van der Waals surface area contributed by atoms with Crippen molar-refractivity contribution in [3.63, 3.8) is 0 Å². The van der Waals surface area contributed by atoms with Gasteiger partial charge in [0.25, 0.3) is 0 Å². The van der Waals surface area contributed by atoms with Crippen molar-refractivity contribution in [3.05, 3.63) is 34.3 Å². The summed E-state index contributed by atoms with van der Waals surface area (Å²) in [5.74, 6) is 1.33. The van der Waals surface area contributed by atoms with E-state index in [2.05, 4.69) is 29.8 Å². The van der Waals surface area contributed by atoms with Crippen molar-refractivity contribution in [2.24, 2.45) is 11.8 Å². The predicted octanol–water partition coefficient (Wildman–Crippen LogP) is 4.09. The minimum absolute atomic E-state index is 0.599. The summed E-state index contributed by atoms with van der Waals surface area (Å²) in [6, 6.07) is 8.09. The summed E-state index contributed by atoms with van der Waals surface area (Å²) in [5, 5.41) is 10.7. The van der Waals surface area contributed by atoms with E-state index in [9.17, 15) is 5.11 Å². The van der Waals surface area contributed by atoms with Crippen LogP contribution in [0, 0.1) is 11.8 Å². The van der Waals surface area contributed by atoms with Crippen molar-refractivity contribution in [3.8, 4) is 0 Å². The number of rotatable bonds is 1. The van der Waals surface area contributed by atoms with Crippen LogP contribution in [0.5, 0.6) is 0 Å². The second-order valence-corrected chi connectivity index (χ2v) is 6.15. The monoisotopic (exact) mass is 282 g/mol. The molecular weight excluding hydrogens is 264 g/mol. The fourth-order valence-electron chi connectivity index (χ4n) is 2.61. The van der Waals surface area contributed by atoms with Crippen molar-refractivity contribution in [1.29, 1.82) is 0 Å². The highest BCUT2D eigenvalue weighted by Gasteiger charge is 2.37. The van der Waals surface area contributed by atoms with Crippen LogP contribution < -0.4 is 0 Å². The highest BCUT2D eigenvalue weighted by molar-refractivity contribution is 9.10. The maximum atomic E-state index is 10.7. The second kappa shape index (κ2) is 4.50. The summed E-state index contributed by atoms with van der Waals surface area (Å²) in [4.78, 5) is 0. The molecule has 1 aromatic carbocycles. The Morgan fingerprint density at radius 2 is 1.81 bits per heavy atom. The molecule has 0 unspecified atom stereocenters. The van der Waals surface area contributed by atoms with Gasteiger partial charge in [-0.15, -0.1) is 0 Å². The Labute approximate surface area is 106 Å². The van der Waals surface area contributed by atoms with Gasteiger partial charge in [-0.2, -0.15) is 0 Å². The van der Waals surface area contributed by atoms with Gasteiger partial charge in [0.1, 0.15) is 0 Å². The Hall–Kier alpha value is -0.340. The summed E-state index contributed by atoms with van der Waals surface area (Å²) in [6.07, 6.45) is 2.89. The van der Waals surface area contributed by atoms with Crippen molar-refractivity contribution in [1.82, 2.24) is 0 Å². The van der Waals surface area contributed by atoms with Gasteiger partial charge in [-0.3, -0.25) is 0 Å². The maximum Gasteiger partial charge on any atom is 0.0899 e. The molecular formula is C14H19BrO. The molecule has 3 atom stereocenters. The molecule has 0 saturated heterocycles. The molecule has 16 heavy (non-hydrogen) atoms. The van der Waals surface area contributed by atoms with Gasteiger partial charge in [-0.1, -0.05) is 41.9 Å². The molecule has 1 nitrogen and oxygen atoms in total. The molecule has 0 aromatic heterocycles. The largest absolute Gasteiger partial charge is 0.385 e. The van der Waals surface area contributed by atoms with Crippen LogP contribution in [0.2, 0.25) is 0 Å². The molecule has 1 aliphatic carbocycles. The van der Waals surface area contributed by atoms with Crippen molar-refractivity contribution < 1.29 is 5.11 Å². The van der Waals surface area contributed by atoms with Gasteiger partial charge in [-0.05, 0) is 48.8 Å². The lowest BCUT2D eigenvalue weighted by Gasteiger charge is -2.39. The average molecular weight is 283 g/mol. The van der Waals surface area contributed by atoms with E-state index in [1.165, 1.54) is 0 Å². The first-order valence-corrected chi connectivity index (χ1v) is 6.79. The van der Waals surface area contributed by atoms with Gasteiger partial charge >= 0.3 is 0 Å². The Morgan fingerprint density at radius 1 is 1.19 bits per heavy atom. The van der Waals surface area contributed by atoms with Gasteiger partial charge in [0.15, 0.2) is 0 Å². The molecule has 2 rings (SSSR count). The van der Waals surface area contributed by atoms with Crippen LogP contribution in [0.1, 0.15) is 38.7 Å². The van der Waals surface area contributed by atoms with Gasteiger partial charge < -0.3 is 5.11 Å². The topological polar surface area (TPSA) is 20.2 Å². The predicted molar refractivity (Wildman–Crippen MR) is 70.2 cm³/mol. The Kier molecular flexibility index (Phi) is 3.41. The molecule has 1 saturated carbocycles. The number of halogens is 1. The molecule has 1 N–H and O–H groups in total. The minimum atomic E-state index is -0.605. The molecule has 0 heterocycles. The van der Waals surface area contributed by atoms with Gasteiger partial charge in [0.2, 0.25) is 0 Å². The molecule has 0 spiro atoms. The highest BCUT2D eigenvalue weighted by Crippen LogP contribution is 2.42. The standard InChI is InChI=1S/C14H19BrO/c1-10-7-8-14(16,9-11(10)2)12-3-5-13(15)6-4-12/h3-6,10-11,16H,7-9H2,1-2H3/t10-,11+,14-/m1/s1. The van der Waals surface area contributed by atoms with Crippen LogP contribution in [0.25, 0.3) is 0 Å². The van der Waals surface area contributed by atoms with E-state index in [0.29, 0.717) is 5.92 Å². The van der Waals surface area contributed by atoms with E-state index >= 15 is 0 Å². The summed E-state index contributed by atoms with van der Waals surface area (Å²) < 4.78 is 1.07. The number of aliphatic hydroxyl groups is 1. The minimum Gasteiger partial charge on any atom is -0.385 e. The normalized spacial score (nSPS) is 35.0. The molecule has 0 bridgehead atoms. The number of hydrogen-bond donors (Lipinski definition) is 1. The summed E-state index contributed by atoms with van der Waals surface area (Å²) in [5.41, 5.74) is 0.460. The highest BCUT2D eigenvalue weighted by atomic mass is 79.9. The van der Waals surface area contributed by atoms with Crippen molar-refractivity contribution in [2.45, 2.75) is 38.7 Å². The van der Waals surface area contributed by atoms with Crippen molar-refractivity contribution >= 4 is 15.9 Å². The number of benzene rings is 1. The lowest BCUT2D eigenvalue weighted by atomic mass is 9.70. The third-order valence-electron chi connectivity index (χ3n) is 4.03. The van der Waals surface area contributed by atoms with E-state index in [-0.39, 0.29) is 0 Å². The first-order chi connectivity index (χ1) is 7.51. The van der Waals surface area contributed by atoms with Gasteiger partial charge in [-0.25, -0.2) is 0 Å². The summed E-state index contributed by atoms with van der Waals surface area (Å²) in [6.45, 7) is 4.53. The third kappa shape index (κ3) is 2.33. The van der Waals surface area contributed by atoms with E-state index in [0.717, 1.165) is 35.2 Å². The number of hydrogen-bond acceptors (Lipinski definition) is 1.